The van der Waals surface area contributed by atoms with Crippen molar-refractivity contribution in [2.75, 3.05) is 12.5 Å². The minimum atomic E-state index is -3.91. The second kappa shape index (κ2) is 6.91. The van der Waals surface area contributed by atoms with Crippen LogP contribution < -0.4 is 13.8 Å². The predicted molar refractivity (Wildman–Crippen MR) is 97.4 cm³/mol. The van der Waals surface area contributed by atoms with Crippen LogP contribution in [0.1, 0.15) is 22.3 Å². The lowest BCUT2D eigenvalue weighted by molar-refractivity contribution is 0.211. The lowest BCUT2D eigenvalue weighted by Gasteiger charge is -2.26. The minimum Gasteiger partial charge on any atom is -0.449 e. The Hall–Kier alpha value is -1.68. The normalized spacial score (nSPS) is 14.9. The van der Waals surface area contributed by atoms with E-state index in [9.17, 15) is 4.57 Å². The summed E-state index contributed by atoms with van der Waals surface area (Å²) in [5, 5.41) is 0. The van der Waals surface area contributed by atoms with Crippen molar-refractivity contribution in [3.63, 3.8) is 0 Å². The summed E-state index contributed by atoms with van der Waals surface area (Å²) in [5.74, 6) is 1.80. The summed E-state index contributed by atoms with van der Waals surface area (Å²) < 4.78 is 36.0. The number of halogens is 1. The molecule has 0 N–H and O–H groups in total. The molecule has 25 heavy (non-hydrogen) atoms. The zero-order valence-electron chi connectivity index (χ0n) is 14.6. The SMILES string of the molecule is Cc1cc(C)c2c(c1)Oc1cc(C)cc(C)c1OP(=O)(OCCCl)O2. The van der Waals surface area contributed by atoms with Crippen LogP contribution in [0.15, 0.2) is 24.3 Å². The molecule has 0 amide bonds. The topological polar surface area (TPSA) is 54.0 Å². The number of rotatable bonds is 3. The van der Waals surface area contributed by atoms with Crippen molar-refractivity contribution >= 4 is 19.4 Å². The molecule has 0 atom stereocenters. The molecule has 1 heterocycles. The van der Waals surface area contributed by atoms with Crippen LogP contribution in [0, 0.1) is 27.7 Å². The van der Waals surface area contributed by atoms with Gasteiger partial charge in [-0.2, -0.15) is 0 Å². The van der Waals surface area contributed by atoms with E-state index in [0.29, 0.717) is 23.0 Å². The van der Waals surface area contributed by atoms with Crippen LogP contribution in [0.25, 0.3) is 0 Å². The van der Waals surface area contributed by atoms with Crippen molar-refractivity contribution in [3.05, 3.63) is 46.5 Å². The molecule has 0 bridgehead atoms. The first-order chi connectivity index (χ1) is 11.8. The Labute approximate surface area is 152 Å². The van der Waals surface area contributed by atoms with Crippen molar-refractivity contribution in [2.45, 2.75) is 27.7 Å². The Morgan fingerprint density at radius 2 is 1.40 bits per heavy atom. The highest BCUT2D eigenvalue weighted by atomic mass is 35.5. The molecule has 0 saturated carbocycles. The van der Waals surface area contributed by atoms with Gasteiger partial charge in [-0.1, -0.05) is 12.1 Å². The molecule has 7 heteroatoms. The van der Waals surface area contributed by atoms with Crippen molar-refractivity contribution < 1.29 is 22.9 Å². The molecular formula is C18H20ClO5P. The zero-order chi connectivity index (χ0) is 18.2. The van der Waals surface area contributed by atoms with Gasteiger partial charge in [-0.3, -0.25) is 4.52 Å². The quantitative estimate of drug-likeness (QED) is 0.492. The third kappa shape index (κ3) is 3.79. The second-order valence-electron chi connectivity index (χ2n) is 6.07. The molecule has 0 fully saturated rings. The van der Waals surface area contributed by atoms with Gasteiger partial charge in [-0.05, 0) is 62.1 Å². The van der Waals surface area contributed by atoms with Gasteiger partial charge in [-0.15, -0.1) is 11.6 Å². The summed E-state index contributed by atoms with van der Waals surface area (Å²) in [6.07, 6.45) is 0. The number of fused-ring (bicyclic) bond motifs is 2. The highest BCUT2D eigenvalue weighted by molar-refractivity contribution is 7.49. The maximum atomic E-state index is 13.2. The Morgan fingerprint density at radius 3 is 1.84 bits per heavy atom. The Bertz CT molecular complexity index is 802. The fraction of sp³-hybridized carbons (Fsp3) is 0.333. The first kappa shape index (κ1) is 18.1. The number of benzene rings is 2. The molecule has 1 aliphatic heterocycles. The van der Waals surface area contributed by atoms with E-state index < -0.39 is 7.82 Å². The Balaban J connectivity index is 2.20. The van der Waals surface area contributed by atoms with E-state index >= 15 is 0 Å². The molecule has 2 aromatic carbocycles. The summed E-state index contributed by atoms with van der Waals surface area (Å²) >= 11 is 5.68. The lowest BCUT2D eigenvalue weighted by atomic mass is 10.1. The summed E-state index contributed by atoms with van der Waals surface area (Å²) in [5.41, 5.74) is 3.56. The first-order valence-electron chi connectivity index (χ1n) is 7.91. The van der Waals surface area contributed by atoms with Crippen LogP contribution in [0.4, 0.5) is 0 Å². The van der Waals surface area contributed by atoms with E-state index in [1.165, 1.54) is 0 Å². The highest BCUT2D eigenvalue weighted by Crippen LogP contribution is 2.57. The number of phosphoric acid groups is 1. The van der Waals surface area contributed by atoms with Crippen molar-refractivity contribution in [1.29, 1.82) is 0 Å². The number of hydrogen-bond donors (Lipinski definition) is 0. The number of alkyl halides is 1. The molecule has 134 valence electrons. The van der Waals surface area contributed by atoms with Gasteiger partial charge in [0.05, 0.1) is 6.61 Å². The van der Waals surface area contributed by atoms with Gasteiger partial charge in [0.1, 0.15) is 0 Å². The largest absolute Gasteiger partial charge is 0.587 e. The van der Waals surface area contributed by atoms with E-state index in [4.69, 9.17) is 29.9 Å². The van der Waals surface area contributed by atoms with Crippen LogP contribution in [-0.2, 0) is 9.09 Å². The van der Waals surface area contributed by atoms with Crippen LogP contribution in [-0.4, -0.2) is 12.5 Å². The zero-order valence-corrected chi connectivity index (χ0v) is 16.2. The van der Waals surface area contributed by atoms with Gasteiger partial charge in [0, 0.05) is 5.88 Å². The predicted octanol–water partition coefficient (Wildman–Crippen LogP) is 5.85. The molecule has 2 aromatic rings. The van der Waals surface area contributed by atoms with Gasteiger partial charge in [0.2, 0.25) is 0 Å². The van der Waals surface area contributed by atoms with E-state index in [2.05, 4.69) is 0 Å². The fourth-order valence-corrected chi connectivity index (χ4v) is 4.33. The molecule has 0 spiro atoms. The van der Waals surface area contributed by atoms with Crippen LogP contribution >= 0.6 is 19.4 Å². The second-order valence-corrected chi connectivity index (χ2v) is 7.97. The maximum Gasteiger partial charge on any atom is 0.587 e. The fourth-order valence-electron chi connectivity index (χ4n) is 2.78. The molecule has 0 saturated heterocycles. The van der Waals surface area contributed by atoms with Crippen molar-refractivity contribution in [2.24, 2.45) is 0 Å². The number of phosphoric ester groups is 1. The number of ether oxygens (including phenoxy) is 1. The van der Waals surface area contributed by atoms with Gasteiger partial charge >= 0.3 is 7.82 Å². The van der Waals surface area contributed by atoms with Crippen molar-refractivity contribution in [3.8, 4) is 23.0 Å². The number of hydrogen-bond acceptors (Lipinski definition) is 5. The van der Waals surface area contributed by atoms with E-state index in [0.717, 1.165) is 22.3 Å². The number of aryl methyl sites for hydroxylation is 4. The van der Waals surface area contributed by atoms with Crippen molar-refractivity contribution in [1.82, 2.24) is 0 Å². The molecule has 0 radical (unpaired) electrons. The van der Waals surface area contributed by atoms with Crippen LogP contribution in [0.2, 0.25) is 0 Å². The van der Waals surface area contributed by atoms with Gasteiger partial charge in [-0.25, -0.2) is 4.57 Å². The summed E-state index contributed by atoms with van der Waals surface area (Å²) in [4.78, 5) is 0. The smallest absolute Gasteiger partial charge is 0.449 e. The molecule has 3 rings (SSSR count). The average molecular weight is 383 g/mol. The summed E-state index contributed by atoms with van der Waals surface area (Å²) in [7, 11) is -3.91. The first-order valence-corrected chi connectivity index (χ1v) is 9.91. The van der Waals surface area contributed by atoms with Crippen LogP contribution in [0.5, 0.6) is 23.0 Å². The third-order valence-corrected chi connectivity index (χ3v) is 5.19. The van der Waals surface area contributed by atoms with Gasteiger partial charge < -0.3 is 13.8 Å². The van der Waals surface area contributed by atoms with E-state index in [1.807, 2.05) is 52.0 Å². The van der Waals surface area contributed by atoms with Gasteiger partial charge in [0.15, 0.2) is 23.0 Å². The molecule has 1 aliphatic rings. The monoisotopic (exact) mass is 382 g/mol. The van der Waals surface area contributed by atoms with E-state index in [1.54, 1.807) is 0 Å². The Kier molecular flexibility index (Phi) is 5.01. The molecular weight excluding hydrogens is 363 g/mol. The third-order valence-electron chi connectivity index (χ3n) is 3.72. The molecule has 5 nitrogen and oxygen atoms in total. The lowest BCUT2D eigenvalue weighted by Crippen LogP contribution is -2.11. The van der Waals surface area contributed by atoms with Gasteiger partial charge in [0.25, 0.3) is 0 Å². The maximum absolute atomic E-state index is 13.2. The standard InChI is InChI=1S/C18H20ClO5P/c1-11-7-13(3)17-15(9-11)22-16-10-12(2)8-14(4)18(16)24-25(20,23-17)21-6-5-19/h7-10H,5-6H2,1-4H3. The van der Waals surface area contributed by atoms with Crippen LogP contribution in [0.3, 0.4) is 0 Å². The summed E-state index contributed by atoms with van der Waals surface area (Å²) in [6, 6.07) is 7.50. The molecule has 0 aromatic heterocycles. The average Bonchev–Trinajstić information content (AvgIpc) is 2.51. The molecule has 0 aliphatic carbocycles. The Morgan fingerprint density at radius 1 is 0.920 bits per heavy atom. The van der Waals surface area contributed by atoms with E-state index in [-0.39, 0.29) is 12.5 Å². The highest BCUT2D eigenvalue weighted by Gasteiger charge is 2.36. The minimum absolute atomic E-state index is 0.0418. The molecule has 0 unspecified atom stereocenters. The summed E-state index contributed by atoms with van der Waals surface area (Å²) in [6.45, 7) is 7.66.